The fourth-order valence-corrected chi connectivity index (χ4v) is 3.21. The lowest BCUT2D eigenvalue weighted by Gasteiger charge is -2.33. The number of ether oxygens (including phenoxy) is 1. The zero-order valence-electron chi connectivity index (χ0n) is 15.5. The van der Waals surface area contributed by atoms with Crippen molar-refractivity contribution in [1.82, 2.24) is 25.9 Å². The molecule has 0 saturated heterocycles. The first-order valence-corrected chi connectivity index (χ1v) is 9.24. The number of carbonyl (C=O) groups excluding carboxylic acids is 2. The van der Waals surface area contributed by atoms with Crippen molar-refractivity contribution >= 4 is 11.8 Å². The number of rotatable bonds is 7. The van der Waals surface area contributed by atoms with E-state index in [0.29, 0.717) is 36.6 Å². The molecular weight excluding hydrogens is 372 g/mol. The van der Waals surface area contributed by atoms with Crippen LogP contribution in [0.3, 0.4) is 0 Å². The van der Waals surface area contributed by atoms with Gasteiger partial charge in [-0.05, 0) is 47.9 Å². The van der Waals surface area contributed by atoms with Crippen LogP contribution in [0, 0.1) is 5.92 Å². The van der Waals surface area contributed by atoms with Gasteiger partial charge in [0, 0.05) is 23.1 Å². The van der Waals surface area contributed by atoms with Gasteiger partial charge in [-0.3, -0.25) is 9.59 Å². The number of H-pyrrole nitrogens is 1. The Kier molecular flexibility index (Phi) is 5.19. The van der Waals surface area contributed by atoms with Gasteiger partial charge in [0.15, 0.2) is 0 Å². The highest BCUT2D eigenvalue weighted by Gasteiger charge is 2.34. The van der Waals surface area contributed by atoms with E-state index in [4.69, 9.17) is 10.5 Å². The molecule has 29 heavy (non-hydrogen) atoms. The normalized spacial score (nSPS) is 17.9. The number of hydrogen-bond donors (Lipinski definition) is 3. The third-order valence-corrected chi connectivity index (χ3v) is 4.91. The molecule has 1 aliphatic carbocycles. The summed E-state index contributed by atoms with van der Waals surface area (Å²) in [6, 6.07) is 14.6. The number of carbonyl (C=O) groups is 2. The molecule has 1 saturated carbocycles. The molecule has 0 bridgehead atoms. The first-order chi connectivity index (χ1) is 14.1. The van der Waals surface area contributed by atoms with Crippen molar-refractivity contribution in [1.29, 1.82) is 0 Å². The van der Waals surface area contributed by atoms with Crippen molar-refractivity contribution in [2.75, 3.05) is 0 Å². The number of primary amides is 1. The summed E-state index contributed by atoms with van der Waals surface area (Å²) in [5.41, 5.74) is 7.47. The summed E-state index contributed by atoms with van der Waals surface area (Å²) in [4.78, 5) is 23.5. The molecule has 9 nitrogen and oxygen atoms in total. The molecule has 9 heteroatoms. The topological polar surface area (TPSA) is 136 Å². The lowest BCUT2D eigenvalue weighted by molar-refractivity contribution is -0.124. The minimum absolute atomic E-state index is 0.00668. The largest absolute Gasteiger partial charge is 0.489 e. The number of benzene rings is 2. The maximum Gasteiger partial charge on any atom is 0.251 e. The molecule has 2 aromatic carbocycles. The molecule has 148 valence electrons. The van der Waals surface area contributed by atoms with E-state index in [1.54, 1.807) is 12.1 Å². The molecule has 4 rings (SSSR count). The van der Waals surface area contributed by atoms with Gasteiger partial charge in [-0.1, -0.05) is 24.3 Å². The van der Waals surface area contributed by atoms with E-state index in [0.717, 1.165) is 11.1 Å². The van der Waals surface area contributed by atoms with Crippen molar-refractivity contribution < 1.29 is 14.3 Å². The Bertz CT molecular complexity index is 1010. The van der Waals surface area contributed by atoms with E-state index in [1.807, 2.05) is 36.4 Å². The SMILES string of the molecule is NC(=O)C1CC(NC(=O)c2cccc(COc3cccc(-c4nn[nH]n4)c3)c2)C1. The number of nitrogens with two attached hydrogens (primary N) is 1. The Balaban J connectivity index is 1.35. The summed E-state index contributed by atoms with van der Waals surface area (Å²) < 4.78 is 5.85. The number of hydrogen-bond acceptors (Lipinski definition) is 6. The van der Waals surface area contributed by atoms with E-state index in [2.05, 4.69) is 25.9 Å². The van der Waals surface area contributed by atoms with Gasteiger partial charge in [0.05, 0.1) is 0 Å². The first kappa shape index (κ1) is 18.6. The van der Waals surface area contributed by atoms with Crippen LogP contribution in [-0.2, 0) is 11.4 Å². The van der Waals surface area contributed by atoms with Gasteiger partial charge >= 0.3 is 0 Å². The smallest absolute Gasteiger partial charge is 0.251 e. The molecule has 3 aromatic rings. The van der Waals surface area contributed by atoms with Crippen LogP contribution in [0.4, 0.5) is 0 Å². The van der Waals surface area contributed by atoms with Crippen molar-refractivity contribution in [3.05, 3.63) is 59.7 Å². The second-order valence-corrected chi connectivity index (χ2v) is 6.99. The minimum atomic E-state index is -0.307. The molecule has 1 aromatic heterocycles. The summed E-state index contributed by atoms with van der Waals surface area (Å²) in [5.74, 6) is 0.540. The van der Waals surface area contributed by atoms with Gasteiger partial charge in [-0.2, -0.15) is 5.21 Å². The number of amides is 2. The van der Waals surface area contributed by atoms with Crippen molar-refractivity contribution in [3.63, 3.8) is 0 Å². The Morgan fingerprint density at radius 1 is 1.17 bits per heavy atom. The highest BCUT2D eigenvalue weighted by molar-refractivity contribution is 5.94. The van der Waals surface area contributed by atoms with Gasteiger partial charge in [-0.25, -0.2) is 0 Å². The molecule has 0 radical (unpaired) electrons. The maximum atomic E-state index is 12.4. The van der Waals surface area contributed by atoms with Crippen LogP contribution in [0.1, 0.15) is 28.8 Å². The van der Waals surface area contributed by atoms with Gasteiger partial charge < -0.3 is 15.8 Å². The van der Waals surface area contributed by atoms with Crippen LogP contribution in [-0.4, -0.2) is 38.5 Å². The standard InChI is InChI=1S/C20H20N6O3/c21-18(27)15-8-16(9-15)22-20(28)14-5-1-3-12(7-14)11-29-17-6-2-4-13(10-17)19-23-25-26-24-19/h1-7,10,15-16H,8-9,11H2,(H2,21,27)(H,22,28)(H,23,24,25,26). The van der Waals surface area contributed by atoms with E-state index in [-0.39, 0.29) is 23.8 Å². The van der Waals surface area contributed by atoms with E-state index in [9.17, 15) is 9.59 Å². The molecular formula is C20H20N6O3. The molecule has 0 spiro atoms. The molecule has 1 heterocycles. The Hall–Kier alpha value is -3.75. The molecule has 0 unspecified atom stereocenters. The van der Waals surface area contributed by atoms with E-state index < -0.39 is 0 Å². The molecule has 0 atom stereocenters. The lowest BCUT2D eigenvalue weighted by Crippen LogP contribution is -2.48. The van der Waals surface area contributed by atoms with E-state index in [1.165, 1.54) is 0 Å². The third kappa shape index (κ3) is 4.40. The van der Waals surface area contributed by atoms with Gasteiger partial charge in [-0.15, -0.1) is 10.2 Å². The second-order valence-electron chi connectivity index (χ2n) is 6.99. The highest BCUT2D eigenvalue weighted by atomic mass is 16.5. The van der Waals surface area contributed by atoms with E-state index >= 15 is 0 Å². The quantitative estimate of drug-likeness (QED) is 0.557. The monoisotopic (exact) mass is 392 g/mol. The zero-order chi connectivity index (χ0) is 20.2. The van der Waals surface area contributed by atoms with Crippen LogP contribution >= 0.6 is 0 Å². The number of aromatic amines is 1. The molecule has 2 amide bonds. The Labute approximate surface area is 166 Å². The van der Waals surface area contributed by atoms with Crippen molar-refractivity contribution in [3.8, 4) is 17.1 Å². The van der Waals surface area contributed by atoms with Crippen molar-refractivity contribution in [2.24, 2.45) is 11.7 Å². The average Bonchev–Trinajstić information content (AvgIpc) is 3.24. The summed E-state index contributed by atoms with van der Waals surface area (Å²) in [6.07, 6.45) is 1.20. The van der Waals surface area contributed by atoms with Gasteiger partial charge in [0.2, 0.25) is 11.7 Å². The van der Waals surface area contributed by atoms with Crippen LogP contribution in [0.2, 0.25) is 0 Å². The third-order valence-electron chi connectivity index (χ3n) is 4.91. The minimum Gasteiger partial charge on any atom is -0.489 e. The van der Waals surface area contributed by atoms with Gasteiger partial charge in [0.1, 0.15) is 12.4 Å². The molecule has 1 fully saturated rings. The molecule has 0 aliphatic heterocycles. The maximum absolute atomic E-state index is 12.4. The fraction of sp³-hybridized carbons (Fsp3) is 0.250. The summed E-state index contributed by atoms with van der Waals surface area (Å²) in [7, 11) is 0. The number of nitrogens with one attached hydrogen (secondary N) is 2. The van der Waals surface area contributed by atoms with Crippen LogP contribution in [0.15, 0.2) is 48.5 Å². The first-order valence-electron chi connectivity index (χ1n) is 9.24. The van der Waals surface area contributed by atoms with Crippen LogP contribution < -0.4 is 15.8 Å². The summed E-state index contributed by atoms with van der Waals surface area (Å²) in [6.45, 7) is 0.310. The Morgan fingerprint density at radius 3 is 2.76 bits per heavy atom. The zero-order valence-corrected chi connectivity index (χ0v) is 15.5. The van der Waals surface area contributed by atoms with Crippen LogP contribution in [0.5, 0.6) is 5.75 Å². The Morgan fingerprint density at radius 2 is 2.00 bits per heavy atom. The summed E-state index contributed by atoms with van der Waals surface area (Å²) in [5, 5.41) is 16.8. The molecule has 1 aliphatic rings. The lowest BCUT2D eigenvalue weighted by atomic mass is 9.79. The van der Waals surface area contributed by atoms with Gasteiger partial charge in [0.25, 0.3) is 5.91 Å². The number of nitrogens with zero attached hydrogens (tertiary/aromatic N) is 3. The molecule has 4 N–H and O–H groups in total. The average molecular weight is 392 g/mol. The fourth-order valence-electron chi connectivity index (χ4n) is 3.21. The second kappa shape index (κ2) is 8.09. The number of aromatic nitrogens is 4. The van der Waals surface area contributed by atoms with Crippen LogP contribution in [0.25, 0.3) is 11.4 Å². The predicted octanol–water partition coefficient (Wildman–Crippen LogP) is 1.44. The summed E-state index contributed by atoms with van der Waals surface area (Å²) >= 11 is 0. The predicted molar refractivity (Wildman–Crippen MR) is 104 cm³/mol. The van der Waals surface area contributed by atoms with Crippen molar-refractivity contribution in [2.45, 2.75) is 25.5 Å². The highest BCUT2D eigenvalue weighted by Crippen LogP contribution is 2.27. The number of tetrazole rings is 1.